The molecular weight excluding hydrogens is 397 g/mol. The highest BCUT2D eigenvalue weighted by atomic mass is 19.1. The molecule has 0 atom stereocenters. The molecule has 30 heavy (non-hydrogen) atoms. The van der Waals surface area contributed by atoms with Gasteiger partial charge >= 0.3 is 0 Å². The van der Waals surface area contributed by atoms with Gasteiger partial charge in [-0.15, -0.1) is 0 Å². The molecule has 0 aliphatic carbocycles. The van der Waals surface area contributed by atoms with E-state index >= 15 is 0 Å². The van der Waals surface area contributed by atoms with Crippen LogP contribution in [0.4, 0.5) is 30.5 Å². The quantitative estimate of drug-likeness (QED) is 0.450. The van der Waals surface area contributed by atoms with Gasteiger partial charge in [-0.1, -0.05) is 24.3 Å². The second kappa shape index (κ2) is 7.82. The number of nitrogens with zero attached hydrogens (tertiary/aromatic N) is 3. The van der Waals surface area contributed by atoms with Crippen molar-refractivity contribution in [3.63, 3.8) is 0 Å². The lowest BCUT2D eigenvalue weighted by molar-refractivity contribution is -0.114. The molecule has 0 spiro atoms. The summed E-state index contributed by atoms with van der Waals surface area (Å²) in [4.78, 5) is 20.2. The maximum absolute atomic E-state index is 14.0. The van der Waals surface area contributed by atoms with Crippen molar-refractivity contribution in [2.24, 2.45) is 0 Å². The summed E-state index contributed by atoms with van der Waals surface area (Å²) in [6, 6.07) is 8.55. The SMILES string of the molecule is CC(=O)Nc1cnc(-c2ccccc2CF)nc1Nc1n[nH]c2c(F)cc(F)cc12. The predicted molar refractivity (Wildman–Crippen MR) is 106 cm³/mol. The molecule has 0 unspecified atom stereocenters. The Morgan fingerprint density at radius 1 is 1.17 bits per heavy atom. The van der Waals surface area contributed by atoms with E-state index in [1.165, 1.54) is 13.1 Å². The number of H-pyrrole nitrogens is 1. The molecule has 1 amide bonds. The highest BCUT2D eigenvalue weighted by molar-refractivity contribution is 5.95. The van der Waals surface area contributed by atoms with E-state index < -0.39 is 18.3 Å². The number of anilines is 3. The number of benzene rings is 2. The van der Waals surface area contributed by atoms with Crippen molar-refractivity contribution in [3.05, 3.63) is 59.8 Å². The van der Waals surface area contributed by atoms with Gasteiger partial charge in [0.1, 0.15) is 23.7 Å². The molecule has 4 aromatic rings. The number of carbonyl (C=O) groups excluding carboxylic acids is 1. The van der Waals surface area contributed by atoms with Gasteiger partial charge in [0, 0.05) is 18.6 Å². The van der Waals surface area contributed by atoms with Crippen LogP contribution in [0.2, 0.25) is 0 Å². The molecule has 2 heterocycles. The Bertz CT molecular complexity index is 1260. The minimum absolute atomic E-state index is 0.0111. The van der Waals surface area contributed by atoms with E-state index in [9.17, 15) is 18.0 Å². The van der Waals surface area contributed by atoms with Gasteiger partial charge in [-0.25, -0.2) is 23.1 Å². The molecule has 7 nitrogen and oxygen atoms in total. The number of halogens is 3. The summed E-state index contributed by atoms with van der Waals surface area (Å²) in [6.07, 6.45) is 1.36. The number of nitrogens with one attached hydrogen (secondary N) is 3. The van der Waals surface area contributed by atoms with E-state index in [0.717, 1.165) is 12.1 Å². The van der Waals surface area contributed by atoms with Crippen molar-refractivity contribution >= 4 is 34.1 Å². The molecule has 2 aromatic carbocycles. The molecule has 0 fully saturated rings. The minimum Gasteiger partial charge on any atom is -0.322 e. The van der Waals surface area contributed by atoms with Crippen LogP contribution in [0.5, 0.6) is 0 Å². The number of alkyl halides is 1. The van der Waals surface area contributed by atoms with Gasteiger partial charge in [-0.05, 0) is 11.6 Å². The molecule has 0 bridgehead atoms. The van der Waals surface area contributed by atoms with Gasteiger partial charge in [0.25, 0.3) is 0 Å². The molecule has 0 saturated heterocycles. The Balaban J connectivity index is 1.82. The first-order valence-corrected chi connectivity index (χ1v) is 8.85. The molecule has 4 rings (SSSR count). The maximum atomic E-state index is 14.0. The molecule has 10 heteroatoms. The summed E-state index contributed by atoms with van der Waals surface area (Å²) in [5.41, 5.74) is 1.10. The van der Waals surface area contributed by atoms with Crippen LogP contribution >= 0.6 is 0 Å². The lowest BCUT2D eigenvalue weighted by Crippen LogP contribution is -2.10. The van der Waals surface area contributed by atoms with E-state index in [2.05, 4.69) is 30.8 Å². The number of fused-ring (bicyclic) bond motifs is 1. The monoisotopic (exact) mass is 412 g/mol. The van der Waals surface area contributed by atoms with Gasteiger partial charge in [-0.2, -0.15) is 5.10 Å². The fourth-order valence-corrected chi connectivity index (χ4v) is 3.00. The number of aromatic nitrogens is 4. The average Bonchev–Trinajstić information content (AvgIpc) is 3.12. The summed E-state index contributed by atoms with van der Waals surface area (Å²) < 4.78 is 41.0. The average molecular weight is 412 g/mol. The Morgan fingerprint density at radius 2 is 1.97 bits per heavy atom. The molecular formula is C20H15F3N6O. The van der Waals surface area contributed by atoms with Crippen molar-refractivity contribution in [1.82, 2.24) is 20.2 Å². The smallest absolute Gasteiger partial charge is 0.221 e. The van der Waals surface area contributed by atoms with Gasteiger partial charge in [0.15, 0.2) is 23.3 Å². The molecule has 0 aliphatic rings. The summed E-state index contributed by atoms with van der Waals surface area (Å²) in [5, 5.41) is 12.1. The number of hydrogen-bond donors (Lipinski definition) is 3. The van der Waals surface area contributed by atoms with E-state index in [0.29, 0.717) is 11.1 Å². The van der Waals surface area contributed by atoms with Crippen LogP contribution in [0.3, 0.4) is 0 Å². The zero-order valence-corrected chi connectivity index (χ0v) is 15.6. The van der Waals surface area contributed by atoms with E-state index in [1.807, 2.05) is 0 Å². The second-order valence-electron chi connectivity index (χ2n) is 6.44. The summed E-state index contributed by atoms with van der Waals surface area (Å²) in [7, 11) is 0. The van der Waals surface area contributed by atoms with Crippen LogP contribution in [0.1, 0.15) is 12.5 Å². The normalized spacial score (nSPS) is 10.9. The van der Waals surface area contributed by atoms with Crippen LogP contribution in [0, 0.1) is 11.6 Å². The first-order chi connectivity index (χ1) is 14.5. The molecule has 0 radical (unpaired) electrons. The summed E-state index contributed by atoms with van der Waals surface area (Å²) in [5.74, 6) is -1.51. The van der Waals surface area contributed by atoms with Crippen molar-refractivity contribution < 1.29 is 18.0 Å². The van der Waals surface area contributed by atoms with Crippen molar-refractivity contribution in [2.45, 2.75) is 13.6 Å². The number of hydrogen-bond acceptors (Lipinski definition) is 5. The van der Waals surface area contributed by atoms with Crippen LogP contribution < -0.4 is 10.6 Å². The highest BCUT2D eigenvalue weighted by Gasteiger charge is 2.17. The third kappa shape index (κ3) is 3.66. The maximum Gasteiger partial charge on any atom is 0.221 e. The fourth-order valence-electron chi connectivity index (χ4n) is 3.00. The molecule has 3 N–H and O–H groups in total. The molecule has 152 valence electrons. The van der Waals surface area contributed by atoms with Crippen molar-refractivity contribution in [1.29, 1.82) is 0 Å². The molecule has 2 aromatic heterocycles. The second-order valence-corrected chi connectivity index (χ2v) is 6.44. The van der Waals surface area contributed by atoms with Crippen LogP contribution in [-0.2, 0) is 11.5 Å². The number of carbonyl (C=O) groups is 1. The zero-order valence-electron chi connectivity index (χ0n) is 15.6. The lowest BCUT2D eigenvalue weighted by Gasteiger charge is -2.12. The van der Waals surface area contributed by atoms with E-state index in [4.69, 9.17) is 0 Å². The summed E-state index contributed by atoms with van der Waals surface area (Å²) in [6.45, 7) is 0.600. The number of rotatable bonds is 5. The van der Waals surface area contributed by atoms with E-state index in [-0.39, 0.29) is 40.0 Å². The predicted octanol–water partition coefficient (Wildman–Crippen LogP) is 4.47. The first kappa shape index (κ1) is 19.4. The van der Waals surface area contributed by atoms with Crippen LogP contribution in [0.15, 0.2) is 42.6 Å². The first-order valence-electron chi connectivity index (χ1n) is 8.85. The Hall–Kier alpha value is -3.95. The molecule has 0 aliphatic heterocycles. The third-order valence-corrected chi connectivity index (χ3v) is 4.33. The Labute approximate surface area is 168 Å². The molecule has 0 saturated carbocycles. The minimum atomic E-state index is -0.798. The largest absolute Gasteiger partial charge is 0.322 e. The lowest BCUT2D eigenvalue weighted by atomic mass is 10.1. The Morgan fingerprint density at radius 3 is 2.73 bits per heavy atom. The highest BCUT2D eigenvalue weighted by Crippen LogP contribution is 2.31. The number of amides is 1. The van der Waals surface area contributed by atoms with Crippen LogP contribution in [0.25, 0.3) is 22.3 Å². The topological polar surface area (TPSA) is 95.6 Å². The van der Waals surface area contributed by atoms with Gasteiger partial charge in [-0.3, -0.25) is 9.89 Å². The van der Waals surface area contributed by atoms with Gasteiger partial charge in [0.05, 0.1) is 11.6 Å². The van der Waals surface area contributed by atoms with Crippen molar-refractivity contribution in [2.75, 3.05) is 10.6 Å². The zero-order chi connectivity index (χ0) is 21.3. The summed E-state index contributed by atoms with van der Waals surface area (Å²) >= 11 is 0. The van der Waals surface area contributed by atoms with Crippen LogP contribution in [-0.4, -0.2) is 26.1 Å². The van der Waals surface area contributed by atoms with Crippen molar-refractivity contribution in [3.8, 4) is 11.4 Å². The fraction of sp³-hybridized carbons (Fsp3) is 0.100. The van der Waals surface area contributed by atoms with E-state index in [1.54, 1.807) is 24.3 Å². The van der Waals surface area contributed by atoms with Gasteiger partial charge in [0.2, 0.25) is 5.91 Å². The Kier molecular flexibility index (Phi) is 5.05. The standard InChI is InChI=1S/C20H15F3N6O/c1-10(30)25-16-9-24-18(13-5-3-2-4-11(13)8-21)26-20(16)27-19-14-6-12(22)7-15(23)17(14)28-29-19/h2-7,9H,8H2,1H3,(H,25,30)(H2,24,26,27,28,29). The number of aromatic amines is 1. The van der Waals surface area contributed by atoms with Gasteiger partial charge < -0.3 is 10.6 Å². The third-order valence-electron chi connectivity index (χ3n) is 4.33.